The Morgan fingerprint density at radius 1 is 0.340 bits per heavy atom. The molecule has 4 fully saturated rings. The summed E-state index contributed by atoms with van der Waals surface area (Å²) in [6, 6.07) is 54.0. The molecule has 141 heavy (non-hydrogen) atoms. The van der Waals surface area contributed by atoms with Crippen molar-refractivity contribution in [1.82, 2.24) is 66.6 Å². The van der Waals surface area contributed by atoms with Gasteiger partial charge in [0.05, 0.1) is 24.7 Å². The van der Waals surface area contributed by atoms with Crippen LogP contribution in [-0.4, -0.2) is 242 Å². The van der Waals surface area contributed by atoms with Crippen LogP contribution in [0.2, 0.25) is 0 Å². The van der Waals surface area contributed by atoms with E-state index in [1.165, 1.54) is 33.4 Å². The lowest BCUT2D eigenvalue weighted by atomic mass is 9.68. The fourth-order valence-electron chi connectivity index (χ4n) is 22.5. The first-order valence-corrected chi connectivity index (χ1v) is 51.9. The minimum Gasteiger partial charge on any atom is -0.508 e. The standard InChI is InChI=1S/C32H46N4O4.2C28H39N3O3.C28H39N3O2/c1-21(2)28(19-35-13-12-32(4,22(3)17-35)25-8-7-9-26(37)16-25)33-31(40)29-15-23-10-11-27(38)14-24(23)18-36(29)30(39)20-34(5)6;2*1-18(2)26(30-27(34)25-13-20-8-9-24(33)12-21(20)15-29-25)17-31-11-10-28(4,19(3)16-31)22-6-5-7-23(32)14-22;1-19(2)26(30-27(33)25-14-21-8-5-6-9-22(21)16-29-25)18-31-13-12-28(4,20(3)17-31)23-10-7-11-24(32)15-23/h7-11,14,16,21-22,28-29,37-38H,12-13,15,17-20H2,1-6H3,(H,33,40);2*5-9,12,14,18-19,25-26,29,32-33H,10-11,13,15-17H2,1-4H3,(H,30,34);5-11,15,19-20,25-26,29,32H,12-14,16-18H2,1-4H3,(H,30,33)/t22-,28+,29?,32+;2*19-,25?,26+,28+;20-,25?,26+,28+/m0000/s1. The number of carbonyl (C=O) groups excluding carboxylic acids is 5. The molecule has 5 amide bonds. The van der Waals surface area contributed by atoms with Gasteiger partial charge in [0.2, 0.25) is 29.5 Å². The molecule has 25 nitrogen and oxygen atoms in total. The Labute approximate surface area is 838 Å². The second-order valence-corrected chi connectivity index (χ2v) is 45.0. The van der Waals surface area contributed by atoms with E-state index in [0.29, 0.717) is 103 Å². The number of rotatable bonds is 26. The zero-order chi connectivity index (χ0) is 102. The lowest BCUT2D eigenvalue weighted by Gasteiger charge is -2.46. The summed E-state index contributed by atoms with van der Waals surface area (Å²) in [5, 5.41) is 92.8. The number of phenols is 7. The quantitative estimate of drug-likeness (QED) is 0.0239. The van der Waals surface area contributed by atoms with E-state index in [1.807, 2.05) is 85.7 Å². The van der Waals surface area contributed by atoms with Crippen LogP contribution >= 0.6 is 0 Å². The summed E-state index contributed by atoms with van der Waals surface area (Å²) < 4.78 is 0. The van der Waals surface area contributed by atoms with Crippen LogP contribution in [0.1, 0.15) is 203 Å². The first-order chi connectivity index (χ1) is 66.9. The molecule has 0 radical (unpaired) electrons. The Bertz CT molecular complexity index is 5410. The highest BCUT2D eigenvalue weighted by molar-refractivity contribution is 5.90. The van der Waals surface area contributed by atoms with Crippen LogP contribution in [0.5, 0.6) is 40.2 Å². The number of hydrogen-bond donors (Lipinski definition) is 14. The van der Waals surface area contributed by atoms with E-state index < -0.39 is 6.04 Å². The van der Waals surface area contributed by atoms with Gasteiger partial charge < -0.3 is 102 Å². The van der Waals surface area contributed by atoms with Crippen molar-refractivity contribution in [3.05, 3.63) is 243 Å². The van der Waals surface area contributed by atoms with Gasteiger partial charge in [0.15, 0.2) is 0 Å². The average Bonchev–Trinajstić information content (AvgIpc) is 0.786. The number of benzene rings is 8. The molecule has 0 saturated carbocycles. The van der Waals surface area contributed by atoms with Crippen molar-refractivity contribution in [3.8, 4) is 40.2 Å². The third kappa shape index (κ3) is 27.1. The van der Waals surface area contributed by atoms with Crippen LogP contribution in [-0.2, 0) is 97.5 Å². The lowest BCUT2D eigenvalue weighted by molar-refractivity contribution is -0.142. The van der Waals surface area contributed by atoms with E-state index >= 15 is 0 Å². The van der Waals surface area contributed by atoms with Crippen LogP contribution in [0.3, 0.4) is 0 Å². The third-order valence-electron chi connectivity index (χ3n) is 33.4. The molecule has 0 bridgehead atoms. The molecule has 8 aromatic rings. The number of likely N-dealkylation sites (tertiary alicyclic amines) is 4. The van der Waals surface area contributed by atoms with Crippen molar-refractivity contribution >= 4 is 29.5 Å². The molecule has 16 rings (SSSR count). The predicted octanol–water partition coefficient (Wildman–Crippen LogP) is 14.3. The van der Waals surface area contributed by atoms with Crippen molar-refractivity contribution in [2.24, 2.45) is 47.3 Å². The van der Waals surface area contributed by atoms with Gasteiger partial charge in [0, 0.05) is 109 Å². The maximum Gasteiger partial charge on any atom is 0.243 e. The van der Waals surface area contributed by atoms with Gasteiger partial charge in [0.1, 0.15) is 46.3 Å². The number of hydrogen-bond acceptors (Lipinski definition) is 20. The zero-order valence-corrected chi connectivity index (χ0v) is 87.0. The van der Waals surface area contributed by atoms with Gasteiger partial charge in [-0.05, 0) is 306 Å². The number of aromatic hydroxyl groups is 7. The Kier molecular flexibility index (Phi) is 36.1. The van der Waals surface area contributed by atoms with E-state index in [0.717, 1.165) is 151 Å². The summed E-state index contributed by atoms with van der Waals surface area (Å²) in [6.45, 7) is 49.1. The maximum absolute atomic E-state index is 13.8. The normalized spacial score (nSPS) is 25.7. The number of phenolic OH excluding ortho intramolecular Hbond substituents is 7. The van der Waals surface area contributed by atoms with E-state index in [-0.39, 0.29) is 123 Å². The Hall–Kier alpha value is -10.6. The molecule has 764 valence electrons. The largest absolute Gasteiger partial charge is 0.508 e. The maximum atomic E-state index is 13.8. The van der Waals surface area contributed by atoms with Gasteiger partial charge in [-0.1, -0.05) is 202 Å². The second-order valence-electron chi connectivity index (χ2n) is 45.0. The fraction of sp³-hybridized carbons (Fsp3) is 0.543. The van der Waals surface area contributed by atoms with Gasteiger partial charge >= 0.3 is 0 Å². The van der Waals surface area contributed by atoms with Gasteiger partial charge in [0.25, 0.3) is 0 Å². The number of likely N-dealkylation sites (N-methyl/N-ethyl adjacent to an activating group) is 1. The molecule has 25 heteroatoms. The molecular weight excluding hydrogens is 1770 g/mol. The predicted molar refractivity (Wildman–Crippen MR) is 560 cm³/mol. The van der Waals surface area contributed by atoms with Crippen LogP contribution < -0.4 is 37.2 Å². The molecule has 14 N–H and O–H groups in total. The summed E-state index contributed by atoms with van der Waals surface area (Å²) in [5.74, 6) is 4.88. The summed E-state index contributed by atoms with van der Waals surface area (Å²) in [4.78, 5) is 79.8. The molecule has 0 aliphatic carbocycles. The van der Waals surface area contributed by atoms with Crippen LogP contribution in [0, 0.1) is 47.3 Å². The minimum absolute atomic E-state index is 0.0248. The minimum atomic E-state index is -0.597. The Morgan fingerprint density at radius 2 is 0.610 bits per heavy atom. The summed E-state index contributed by atoms with van der Waals surface area (Å²) in [7, 11) is 3.69. The highest BCUT2D eigenvalue weighted by Gasteiger charge is 2.46. The van der Waals surface area contributed by atoms with Crippen LogP contribution in [0.15, 0.2) is 176 Å². The molecule has 0 spiro atoms. The fourth-order valence-corrected chi connectivity index (χ4v) is 22.5. The Morgan fingerprint density at radius 3 is 0.901 bits per heavy atom. The highest BCUT2D eigenvalue weighted by atomic mass is 16.3. The number of fused-ring (bicyclic) bond motifs is 4. The van der Waals surface area contributed by atoms with Crippen LogP contribution in [0.25, 0.3) is 0 Å². The molecule has 16 atom stereocenters. The molecule has 8 aliphatic heterocycles. The molecule has 8 aliphatic rings. The lowest BCUT2D eigenvalue weighted by Crippen LogP contribution is -2.58. The molecular formula is C116H163N13O12. The van der Waals surface area contributed by atoms with Crippen molar-refractivity contribution in [2.75, 3.05) is 99.2 Å². The van der Waals surface area contributed by atoms with E-state index in [9.17, 15) is 59.7 Å². The smallest absolute Gasteiger partial charge is 0.243 e. The topological polar surface area (TPSA) is 331 Å². The SMILES string of the molecule is CC(C)[C@@H](CN1CC[C@@](C)(c2cccc(O)c2)[C@@H](C)C1)NC(=O)C1Cc2ccc(O)cc2CN1.CC(C)[C@@H](CN1CC[C@@](C)(c2cccc(O)c2)[C@@H](C)C1)NC(=O)C1Cc2ccc(O)cc2CN1.CC(C)[C@@H](CN1CC[C@@](C)(c2cccc(O)c2)[C@@H](C)C1)NC(=O)C1Cc2ccc(O)cc2CN1C(=O)CN(C)C.CC(C)[C@@H](CN1CC[C@@](C)(c2cccc(O)c2)[C@@H](C)C1)NC(=O)C1Cc2ccccc2CN1. The molecule has 8 heterocycles. The monoisotopic (exact) mass is 1930 g/mol. The Balaban J connectivity index is 0.000000159. The first kappa shape index (κ1) is 108. The molecule has 4 unspecified atom stereocenters. The second kappa shape index (κ2) is 47.3. The number of nitrogens with one attached hydrogen (secondary N) is 7. The van der Waals surface area contributed by atoms with Gasteiger partial charge in [-0.2, -0.15) is 0 Å². The number of amides is 5. The molecule has 0 aromatic heterocycles. The van der Waals surface area contributed by atoms with Gasteiger partial charge in [-0.15, -0.1) is 0 Å². The van der Waals surface area contributed by atoms with Crippen molar-refractivity contribution in [3.63, 3.8) is 0 Å². The number of nitrogens with zero attached hydrogens (tertiary/aromatic N) is 6. The molecule has 8 aromatic carbocycles. The van der Waals surface area contributed by atoms with Crippen molar-refractivity contribution < 1.29 is 59.7 Å². The summed E-state index contributed by atoms with van der Waals surface area (Å²) >= 11 is 0. The zero-order valence-electron chi connectivity index (χ0n) is 87.0. The van der Waals surface area contributed by atoms with Crippen molar-refractivity contribution in [1.29, 1.82) is 0 Å². The van der Waals surface area contributed by atoms with E-state index in [4.69, 9.17) is 0 Å². The highest BCUT2D eigenvalue weighted by Crippen LogP contribution is 2.46. The number of piperidine rings is 4. The third-order valence-corrected chi connectivity index (χ3v) is 33.4. The first-order valence-electron chi connectivity index (χ1n) is 51.9. The molecule has 4 saturated heterocycles. The number of carbonyl (C=O) groups is 5. The van der Waals surface area contributed by atoms with Crippen molar-refractivity contribution in [2.45, 2.75) is 258 Å². The average molecular weight is 1930 g/mol. The summed E-state index contributed by atoms with van der Waals surface area (Å²) in [6.07, 6.45) is 6.48. The van der Waals surface area contributed by atoms with E-state index in [1.54, 1.807) is 65.6 Å². The summed E-state index contributed by atoms with van der Waals surface area (Å²) in [5.41, 5.74) is 13.6. The van der Waals surface area contributed by atoms with Gasteiger partial charge in [-0.3, -0.25) is 24.0 Å². The van der Waals surface area contributed by atoms with Gasteiger partial charge in [-0.25, -0.2) is 0 Å². The van der Waals surface area contributed by atoms with E-state index in [2.05, 4.69) is 216 Å². The van der Waals surface area contributed by atoms with Crippen LogP contribution in [0.4, 0.5) is 0 Å².